The maximum absolute atomic E-state index is 12.3. The molecule has 0 radical (unpaired) electrons. The highest BCUT2D eigenvalue weighted by molar-refractivity contribution is 5.63. The highest BCUT2D eigenvalue weighted by Crippen LogP contribution is 2.34. The average Bonchev–Trinajstić information content (AvgIpc) is 3.19. The number of halogens is 3. The first-order chi connectivity index (χ1) is 14.4. The Morgan fingerprint density at radius 3 is 2.57 bits per heavy atom. The summed E-state index contributed by atoms with van der Waals surface area (Å²) in [7, 11) is 0. The SMILES string of the molecule is OC(CNc1cc(-c2ccc(OC(F)(F)F)cc2)ncn1)c1ccc2c(c1)OCO2. The topological polar surface area (TPSA) is 85.7 Å². The van der Waals surface area contributed by atoms with Gasteiger partial charge in [-0.1, -0.05) is 6.07 Å². The number of anilines is 1. The van der Waals surface area contributed by atoms with Gasteiger partial charge >= 0.3 is 6.36 Å². The van der Waals surface area contributed by atoms with Gasteiger partial charge in [0.1, 0.15) is 17.9 Å². The molecule has 0 spiro atoms. The van der Waals surface area contributed by atoms with Crippen LogP contribution in [0.4, 0.5) is 19.0 Å². The molecule has 0 saturated heterocycles. The van der Waals surface area contributed by atoms with Crippen LogP contribution < -0.4 is 19.5 Å². The van der Waals surface area contributed by atoms with Crippen molar-refractivity contribution in [3.05, 3.63) is 60.4 Å². The number of aromatic nitrogens is 2. The van der Waals surface area contributed by atoms with Crippen molar-refractivity contribution >= 4 is 5.82 Å². The zero-order chi connectivity index (χ0) is 21.1. The minimum atomic E-state index is -4.74. The molecule has 3 aromatic rings. The van der Waals surface area contributed by atoms with Crippen LogP contribution in [0, 0.1) is 0 Å². The lowest BCUT2D eigenvalue weighted by Gasteiger charge is -2.14. The summed E-state index contributed by atoms with van der Waals surface area (Å²) in [6.07, 6.45) is -4.24. The number of aliphatic hydroxyl groups is 1. The van der Waals surface area contributed by atoms with E-state index in [1.165, 1.54) is 30.6 Å². The molecule has 7 nitrogen and oxygen atoms in total. The Bertz CT molecular complexity index is 1030. The summed E-state index contributed by atoms with van der Waals surface area (Å²) < 4.78 is 51.2. The van der Waals surface area contributed by atoms with Gasteiger partial charge in [0.25, 0.3) is 0 Å². The zero-order valence-corrected chi connectivity index (χ0v) is 15.4. The van der Waals surface area contributed by atoms with E-state index in [0.717, 1.165) is 0 Å². The summed E-state index contributed by atoms with van der Waals surface area (Å²) in [4.78, 5) is 8.23. The van der Waals surface area contributed by atoms with Crippen LogP contribution >= 0.6 is 0 Å². The number of nitrogens with zero attached hydrogens (tertiary/aromatic N) is 2. The van der Waals surface area contributed by atoms with Gasteiger partial charge in [-0.3, -0.25) is 0 Å². The number of aliphatic hydroxyl groups excluding tert-OH is 1. The maximum atomic E-state index is 12.3. The number of hydrogen-bond donors (Lipinski definition) is 2. The first-order valence-corrected chi connectivity index (χ1v) is 8.87. The van der Waals surface area contributed by atoms with Gasteiger partial charge in [0.2, 0.25) is 6.79 Å². The highest BCUT2D eigenvalue weighted by Gasteiger charge is 2.31. The molecule has 1 aromatic heterocycles. The van der Waals surface area contributed by atoms with Crippen LogP contribution in [0.5, 0.6) is 17.2 Å². The molecular weight excluding hydrogens is 403 g/mol. The number of fused-ring (bicyclic) bond motifs is 1. The number of ether oxygens (including phenoxy) is 3. The Labute approximate surface area is 169 Å². The molecule has 2 heterocycles. The third-order valence-corrected chi connectivity index (χ3v) is 4.31. The van der Waals surface area contributed by atoms with Gasteiger partial charge in [-0.15, -0.1) is 13.2 Å². The molecule has 0 aliphatic carbocycles. The Hall–Kier alpha value is -3.53. The normalized spacial score (nSPS) is 13.7. The van der Waals surface area contributed by atoms with Crippen LogP contribution in [0.25, 0.3) is 11.3 Å². The summed E-state index contributed by atoms with van der Waals surface area (Å²) in [6.45, 7) is 0.328. The molecule has 0 saturated carbocycles. The molecule has 4 rings (SSSR count). The molecule has 1 atom stereocenters. The van der Waals surface area contributed by atoms with Gasteiger partial charge in [0, 0.05) is 18.2 Å². The molecule has 2 aromatic carbocycles. The first-order valence-electron chi connectivity index (χ1n) is 8.87. The van der Waals surface area contributed by atoms with Gasteiger partial charge in [0.15, 0.2) is 11.5 Å². The van der Waals surface area contributed by atoms with E-state index in [2.05, 4.69) is 20.0 Å². The van der Waals surface area contributed by atoms with Crippen molar-refractivity contribution in [3.8, 4) is 28.5 Å². The van der Waals surface area contributed by atoms with Crippen molar-refractivity contribution in [1.29, 1.82) is 0 Å². The van der Waals surface area contributed by atoms with Crippen molar-refractivity contribution in [1.82, 2.24) is 9.97 Å². The van der Waals surface area contributed by atoms with E-state index in [4.69, 9.17) is 9.47 Å². The third-order valence-electron chi connectivity index (χ3n) is 4.31. The third kappa shape index (κ3) is 4.71. The molecule has 1 aliphatic rings. The molecule has 0 bridgehead atoms. The number of nitrogens with one attached hydrogen (secondary N) is 1. The lowest BCUT2D eigenvalue weighted by molar-refractivity contribution is -0.274. The van der Waals surface area contributed by atoms with Crippen LogP contribution in [-0.2, 0) is 0 Å². The molecule has 0 fully saturated rings. The number of alkyl halides is 3. The summed E-state index contributed by atoms with van der Waals surface area (Å²) >= 11 is 0. The number of benzene rings is 2. The predicted molar refractivity (Wildman–Crippen MR) is 100 cm³/mol. The minimum absolute atomic E-state index is 0.153. The van der Waals surface area contributed by atoms with E-state index in [0.29, 0.717) is 34.1 Å². The minimum Gasteiger partial charge on any atom is -0.454 e. The van der Waals surface area contributed by atoms with Gasteiger partial charge in [-0.25, -0.2) is 9.97 Å². The second kappa shape index (κ2) is 8.07. The van der Waals surface area contributed by atoms with Crippen molar-refractivity contribution < 1.29 is 32.5 Å². The maximum Gasteiger partial charge on any atom is 0.573 e. The first kappa shape index (κ1) is 19.8. The van der Waals surface area contributed by atoms with E-state index >= 15 is 0 Å². The molecule has 30 heavy (non-hydrogen) atoms. The van der Waals surface area contributed by atoms with Crippen molar-refractivity contribution in [2.24, 2.45) is 0 Å². The smallest absolute Gasteiger partial charge is 0.454 e. The van der Waals surface area contributed by atoms with Crippen molar-refractivity contribution in [2.75, 3.05) is 18.7 Å². The van der Waals surface area contributed by atoms with Crippen molar-refractivity contribution in [3.63, 3.8) is 0 Å². The fourth-order valence-electron chi connectivity index (χ4n) is 2.88. The van der Waals surface area contributed by atoms with Crippen LogP contribution in [0.1, 0.15) is 11.7 Å². The Kier molecular flexibility index (Phi) is 5.32. The molecule has 1 unspecified atom stereocenters. The standard InChI is InChI=1S/C20H16F3N3O4/c21-20(22,23)30-14-4-1-12(2-5-14)15-8-19(26-10-25-15)24-9-16(27)13-3-6-17-18(7-13)29-11-28-17/h1-8,10,16,27H,9,11H2,(H,24,25,26). The Balaban J connectivity index is 1.41. The largest absolute Gasteiger partial charge is 0.573 e. The predicted octanol–water partition coefficient (Wildman–Crippen LogP) is 3.92. The van der Waals surface area contributed by atoms with E-state index < -0.39 is 12.5 Å². The van der Waals surface area contributed by atoms with E-state index in [-0.39, 0.29) is 19.1 Å². The highest BCUT2D eigenvalue weighted by atomic mass is 19.4. The van der Waals surface area contributed by atoms with Gasteiger partial charge in [-0.2, -0.15) is 0 Å². The lowest BCUT2D eigenvalue weighted by atomic mass is 10.1. The van der Waals surface area contributed by atoms with Crippen LogP contribution in [-0.4, -0.2) is 34.8 Å². The van der Waals surface area contributed by atoms with E-state index in [1.54, 1.807) is 24.3 Å². The lowest BCUT2D eigenvalue weighted by Crippen LogP contribution is -2.16. The Morgan fingerprint density at radius 1 is 1.03 bits per heavy atom. The zero-order valence-electron chi connectivity index (χ0n) is 15.4. The fourth-order valence-corrected chi connectivity index (χ4v) is 2.88. The summed E-state index contributed by atoms with van der Waals surface area (Å²) in [5, 5.41) is 13.4. The van der Waals surface area contributed by atoms with Crippen molar-refractivity contribution in [2.45, 2.75) is 12.5 Å². The number of hydrogen-bond acceptors (Lipinski definition) is 7. The van der Waals surface area contributed by atoms with Gasteiger partial charge in [0.05, 0.1) is 11.8 Å². The summed E-state index contributed by atoms with van der Waals surface area (Å²) in [5.74, 6) is 1.35. The van der Waals surface area contributed by atoms with E-state index in [9.17, 15) is 18.3 Å². The molecule has 1 aliphatic heterocycles. The summed E-state index contributed by atoms with van der Waals surface area (Å²) in [5.41, 5.74) is 1.75. The summed E-state index contributed by atoms with van der Waals surface area (Å²) in [6, 6.07) is 12.2. The average molecular weight is 419 g/mol. The van der Waals surface area contributed by atoms with E-state index in [1.807, 2.05) is 0 Å². The van der Waals surface area contributed by atoms with Gasteiger partial charge < -0.3 is 24.6 Å². The second-order valence-corrected chi connectivity index (χ2v) is 6.37. The molecular formula is C20H16F3N3O4. The van der Waals surface area contributed by atoms with Crippen LogP contribution in [0.3, 0.4) is 0 Å². The second-order valence-electron chi connectivity index (χ2n) is 6.37. The Morgan fingerprint density at radius 2 is 1.80 bits per heavy atom. The number of rotatable bonds is 6. The van der Waals surface area contributed by atoms with Crippen LogP contribution in [0.15, 0.2) is 54.9 Å². The van der Waals surface area contributed by atoms with Crippen LogP contribution in [0.2, 0.25) is 0 Å². The molecule has 10 heteroatoms. The molecule has 2 N–H and O–H groups in total. The van der Waals surface area contributed by atoms with Gasteiger partial charge in [-0.05, 0) is 42.0 Å². The fraction of sp³-hybridized carbons (Fsp3) is 0.200. The molecule has 156 valence electrons. The quantitative estimate of drug-likeness (QED) is 0.626. The monoisotopic (exact) mass is 419 g/mol. The molecule has 0 amide bonds.